The van der Waals surface area contributed by atoms with Gasteiger partial charge in [-0.15, -0.1) is 0 Å². The van der Waals surface area contributed by atoms with E-state index in [2.05, 4.69) is 15.4 Å². The molecule has 2 aromatic heterocycles. The van der Waals surface area contributed by atoms with Crippen LogP contribution in [0.4, 0.5) is 10.2 Å². The Balaban J connectivity index is 1.54. The first kappa shape index (κ1) is 20.3. The Labute approximate surface area is 185 Å². The fourth-order valence-electron chi connectivity index (χ4n) is 4.28. The predicted molar refractivity (Wildman–Crippen MR) is 123 cm³/mol. The van der Waals surface area contributed by atoms with Crippen LogP contribution < -0.4 is 10.2 Å². The number of halogens is 1. The fourth-order valence-corrected chi connectivity index (χ4v) is 4.28. The number of pyridine rings is 1. The molecule has 0 radical (unpaired) electrons. The maximum absolute atomic E-state index is 15.2. The molecule has 1 amide bonds. The number of rotatable bonds is 4. The molecule has 0 bridgehead atoms. The molecule has 1 saturated heterocycles. The highest BCUT2D eigenvalue weighted by atomic mass is 19.1. The van der Waals surface area contributed by atoms with E-state index in [4.69, 9.17) is 0 Å². The van der Waals surface area contributed by atoms with Gasteiger partial charge in [-0.05, 0) is 48.5 Å². The number of fused-ring (bicyclic) bond motifs is 1. The Morgan fingerprint density at radius 3 is 2.69 bits per heavy atom. The van der Waals surface area contributed by atoms with Gasteiger partial charge in [0.05, 0.1) is 17.8 Å². The van der Waals surface area contributed by atoms with Crippen LogP contribution in [-0.2, 0) is 7.05 Å². The maximum Gasteiger partial charge on any atom is 0.262 e. The number of carbonyl (C=O) groups is 1. The van der Waals surface area contributed by atoms with E-state index in [1.807, 2.05) is 43.6 Å². The molecule has 1 atom stereocenters. The van der Waals surface area contributed by atoms with E-state index in [0.717, 1.165) is 35.7 Å². The zero-order valence-corrected chi connectivity index (χ0v) is 17.8. The zero-order valence-electron chi connectivity index (χ0n) is 17.8. The first-order chi connectivity index (χ1) is 15.6. The summed E-state index contributed by atoms with van der Waals surface area (Å²) in [6.07, 6.45) is 7.04. The van der Waals surface area contributed by atoms with Crippen LogP contribution in [0.1, 0.15) is 23.2 Å². The molecule has 32 heavy (non-hydrogen) atoms. The van der Waals surface area contributed by atoms with Crippen molar-refractivity contribution >= 4 is 22.5 Å². The quantitative estimate of drug-likeness (QED) is 0.529. The van der Waals surface area contributed by atoms with Gasteiger partial charge in [0.1, 0.15) is 11.6 Å². The van der Waals surface area contributed by atoms with Crippen molar-refractivity contribution in [3.8, 4) is 11.1 Å². The molecular weight excluding hydrogens is 405 g/mol. The Morgan fingerprint density at radius 1 is 1.12 bits per heavy atom. The predicted octanol–water partition coefficient (Wildman–Crippen LogP) is 4.17. The Hall–Kier alpha value is -3.58. The lowest BCUT2D eigenvalue weighted by molar-refractivity contribution is 0.0967. The van der Waals surface area contributed by atoms with E-state index in [9.17, 15) is 4.79 Å². The van der Waals surface area contributed by atoms with Crippen LogP contribution in [0.3, 0.4) is 0 Å². The Morgan fingerprint density at radius 2 is 1.97 bits per heavy atom. The summed E-state index contributed by atoms with van der Waals surface area (Å²) in [5.74, 6) is -0.388. The molecule has 1 fully saturated rings. The average molecular weight is 429 g/mol. The Bertz CT molecular complexity index is 1280. The largest absolute Gasteiger partial charge is 0.315 e. The summed E-state index contributed by atoms with van der Waals surface area (Å²) in [6.45, 7) is 1.56. The third-order valence-corrected chi connectivity index (χ3v) is 5.96. The van der Waals surface area contributed by atoms with Crippen molar-refractivity contribution in [3.63, 3.8) is 0 Å². The summed E-state index contributed by atoms with van der Waals surface area (Å²) >= 11 is 0. The SMILES string of the molecule is Cn1cc(-c2ccc(C(=O)N(c3cc4ccccc4cn3)[C@@H]3CCCNC3)c(F)c2)cn1. The molecule has 4 aromatic rings. The smallest absolute Gasteiger partial charge is 0.262 e. The number of benzene rings is 2. The van der Waals surface area contributed by atoms with Crippen molar-refractivity contribution < 1.29 is 9.18 Å². The van der Waals surface area contributed by atoms with Crippen molar-refractivity contribution in [1.82, 2.24) is 20.1 Å². The van der Waals surface area contributed by atoms with Crippen molar-refractivity contribution in [2.24, 2.45) is 7.05 Å². The van der Waals surface area contributed by atoms with Gasteiger partial charge in [0.2, 0.25) is 0 Å². The highest BCUT2D eigenvalue weighted by Crippen LogP contribution is 2.27. The van der Waals surface area contributed by atoms with Crippen LogP contribution in [-0.4, -0.2) is 39.8 Å². The van der Waals surface area contributed by atoms with Gasteiger partial charge < -0.3 is 5.32 Å². The number of aromatic nitrogens is 3. The molecule has 0 unspecified atom stereocenters. The van der Waals surface area contributed by atoms with Crippen LogP contribution in [0.15, 0.2) is 67.1 Å². The molecule has 7 heteroatoms. The third kappa shape index (κ3) is 3.87. The van der Waals surface area contributed by atoms with E-state index in [1.165, 1.54) is 6.07 Å². The Kier molecular flexibility index (Phi) is 5.41. The molecule has 1 N–H and O–H groups in total. The molecule has 0 aliphatic carbocycles. The maximum atomic E-state index is 15.2. The van der Waals surface area contributed by atoms with Crippen LogP contribution in [0.2, 0.25) is 0 Å². The van der Waals surface area contributed by atoms with Gasteiger partial charge in [0.15, 0.2) is 0 Å². The van der Waals surface area contributed by atoms with E-state index < -0.39 is 5.82 Å². The second-order valence-electron chi connectivity index (χ2n) is 8.16. The third-order valence-electron chi connectivity index (χ3n) is 5.96. The number of nitrogens with zero attached hydrogens (tertiary/aromatic N) is 4. The highest BCUT2D eigenvalue weighted by Gasteiger charge is 2.30. The molecule has 162 valence electrons. The van der Waals surface area contributed by atoms with E-state index in [1.54, 1.807) is 34.1 Å². The van der Waals surface area contributed by atoms with Gasteiger partial charge in [-0.2, -0.15) is 5.10 Å². The van der Waals surface area contributed by atoms with Gasteiger partial charge in [0, 0.05) is 36.9 Å². The molecule has 1 aliphatic heterocycles. The lowest BCUT2D eigenvalue weighted by atomic mass is 10.0. The molecule has 0 spiro atoms. The number of hydrogen-bond donors (Lipinski definition) is 1. The molecule has 1 aliphatic rings. The van der Waals surface area contributed by atoms with Gasteiger partial charge in [0.25, 0.3) is 5.91 Å². The first-order valence-electron chi connectivity index (χ1n) is 10.8. The molecule has 0 saturated carbocycles. The van der Waals surface area contributed by atoms with Crippen molar-refractivity contribution in [3.05, 3.63) is 78.5 Å². The normalized spacial score (nSPS) is 16.2. The minimum atomic E-state index is -0.550. The van der Waals surface area contributed by atoms with Gasteiger partial charge >= 0.3 is 0 Å². The zero-order chi connectivity index (χ0) is 22.1. The topological polar surface area (TPSA) is 63.1 Å². The molecular formula is C25H24FN5O. The standard InChI is InChI=1S/C25H24FN5O/c1-30-16-20(14-29-30)18-8-9-22(23(26)11-18)25(32)31(21-7-4-10-27-15-21)24-12-17-5-2-3-6-19(17)13-28-24/h2-3,5-6,8-9,11-14,16,21,27H,4,7,10,15H2,1H3/t21-/m1/s1. The molecule has 5 rings (SSSR count). The lowest BCUT2D eigenvalue weighted by Gasteiger charge is -2.34. The van der Waals surface area contributed by atoms with E-state index >= 15 is 4.39 Å². The van der Waals surface area contributed by atoms with E-state index in [0.29, 0.717) is 17.9 Å². The van der Waals surface area contributed by atoms with Gasteiger partial charge in [-0.25, -0.2) is 9.37 Å². The number of nitrogens with one attached hydrogen (secondary N) is 1. The molecule has 3 heterocycles. The summed E-state index contributed by atoms with van der Waals surface area (Å²) in [7, 11) is 1.81. The summed E-state index contributed by atoms with van der Waals surface area (Å²) in [5, 5.41) is 9.48. The molecule has 2 aromatic carbocycles. The lowest BCUT2D eigenvalue weighted by Crippen LogP contribution is -2.49. The fraction of sp³-hybridized carbons (Fsp3) is 0.240. The van der Waals surface area contributed by atoms with Crippen LogP contribution in [0, 0.1) is 5.82 Å². The van der Waals surface area contributed by atoms with Gasteiger partial charge in [-0.3, -0.25) is 14.4 Å². The number of aryl methyl sites for hydroxylation is 1. The van der Waals surface area contributed by atoms with Crippen molar-refractivity contribution in [2.75, 3.05) is 18.0 Å². The second kappa shape index (κ2) is 8.51. The number of anilines is 1. The molecule has 6 nitrogen and oxygen atoms in total. The minimum Gasteiger partial charge on any atom is -0.315 e. The summed E-state index contributed by atoms with van der Waals surface area (Å²) in [5.41, 5.74) is 1.52. The van der Waals surface area contributed by atoms with Crippen LogP contribution in [0.5, 0.6) is 0 Å². The van der Waals surface area contributed by atoms with Crippen LogP contribution in [0.25, 0.3) is 21.9 Å². The van der Waals surface area contributed by atoms with Crippen LogP contribution >= 0.6 is 0 Å². The number of piperidine rings is 1. The monoisotopic (exact) mass is 429 g/mol. The summed E-state index contributed by atoms with van der Waals surface area (Å²) in [6, 6.07) is 14.4. The van der Waals surface area contributed by atoms with E-state index in [-0.39, 0.29) is 17.5 Å². The highest BCUT2D eigenvalue weighted by molar-refractivity contribution is 6.07. The van der Waals surface area contributed by atoms with Gasteiger partial charge in [-0.1, -0.05) is 30.3 Å². The minimum absolute atomic E-state index is 0.0400. The number of carbonyl (C=O) groups excluding carboxylic acids is 1. The second-order valence-corrected chi connectivity index (χ2v) is 8.16. The van der Waals surface area contributed by atoms with Crippen molar-refractivity contribution in [1.29, 1.82) is 0 Å². The first-order valence-corrected chi connectivity index (χ1v) is 10.8. The van der Waals surface area contributed by atoms with Crippen molar-refractivity contribution in [2.45, 2.75) is 18.9 Å². The summed E-state index contributed by atoms with van der Waals surface area (Å²) in [4.78, 5) is 19.9. The number of amides is 1. The summed E-state index contributed by atoms with van der Waals surface area (Å²) < 4.78 is 16.8. The number of hydrogen-bond acceptors (Lipinski definition) is 4. The average Bonchev–Trinajstić information content (AvgIpc) is 3.26.